The molecule has 126 valence electrons. The van der Waals surface area contributed by atoms with Gasteiger partial charge in [-0.3, -0.25) is 0 Å². The van der Waals surface area contributed by atoms with E-state index in [1.807, 2.05) is 6.92 Å². The predicted molar refractivity (Wildman–Crippen MR) is 91.2 cm³/mol. The number of hydrogen-bond acceptors (Lipinski definition) is 7. The quantitative estimate of drug-likeness (QED) is 0.598. The zero-order chi connectivity index (χ0) is 17.6. The Bertz CT molecular complexity index is 1160. The Balaban J connectivity index is 1.96. The van der Waals surface area contributed by atoms with Gasteiger partial charge < -0.3 is 10.2 Å². The van der Waals surface area contributed by atoms with Crippen LogP contribution < -0.4 is 5.73 Å². The molecule has 0 amide bonds. The Morgan fingerprint density at radius 3 is 2.56 bits per heavy atom. The summed E-state index contributed by atoms with van der Waals surface area (Å²) >= 11 is 0. The Morgan fingerprint density at radius 1 is 1.12 bits per heavy atom. The van der Waals surface area contributed by atoms with Gasteiger partial charge in [0.05, 0.1) is 22.7 Å². The molecule has 4 rings (SSSR count). The minimum absolute atomic E-state index is 0.0697. The van der Waals surface area contributed by atoms with Gasteiger partial charge in [0.15, 0.2) is 11.4 Å². The molecule has 0 aliphatic rings. The van der Waals surface area contributed by atoms with Crippen LogP contribution in [0.15, 0.2) is 58.2 Å². The molecule has 0 unspecified atom stereocenters. The second kappa shape index (κ2) is 5.42. The van der Waals surface area contributed by atoms with Crippen molar-refractivity contribution in [3.63, 3.8) is 0 Å². The fraction of sp³-hybridized carbons (Fsp3) is 0.0625. The van der Waals surface area contributed by atoms with Gasteiger partial charge in [0.25, 0.3) is 10.0 Å². The predicted octanol–water partition coefficient (Wildman–Crippen LogP) is 2.21. The topological polar surface area (TPSA) is 117 Å². The number of benzene rings is 1. The van der Waals surface area contributed by atoms with Crippen LogP contribution in [0.1, 0.15) is 5.56 Å². The van der Waals surface area contributed by atoms with E-state index < -0.39 is 10.0 Å². The van der Waals surface area contributed by atoms with Crippen LogP contribution in [-0.4, -0.2) is 27.6 Å². The number of nitrogen functional groups attached to an aromatic ring is 1. The van der Waals surface area contributed by atoms with Crippen molar-refractivity contribution in [3.8, 4) is 11.5 Å². The molecular formula is C16H13N5O3S. The molecule has 0 saturated heterocycles. The Hall–Kier alpha value is -3.20. The molecule has 0 atom stereocenters. The second-order valence-corrected chi connectivity index (χ2v) is 7.22. The molecular weight excluding hydrogens is 342 g/mol. The highest BCUT2D eigenvalue weighted by atomic mass is 32.2. The summed E-state index contributed by atoms with van der Waals surface area (Å²) in [6, 6.07) is 9.89. The number of aryl methyl sites for hydroxylation is 1. The fourth-order valence-corrected chi connectivity index (χ4v) is 3.71. The number of anilines is 1. The third-order valence-corrected chi connectivity index (χ3v) is 5.31. The highest BCUT2D eigenvalue weighted by Crippen LogP contribution is 2.28. The van der Waals surface area contributed by atoms with Gasteiger partial charge in [0.1, 0.15) is 5.69 Å². The number of rotatable bonds is 3. The van der Waals surface area contributed by atoms with Gasteiger partial charge in [0.2, 0.25) is 5.95 Å². The minimum Gasteiger partial charge on any atom is -0.463 e. The maximum atomic E-state index is 12.9. The van der Waals surface area contributed by atoms with Crippen molar-refractivity contribution in [2.75, 3.05) is 5.73 Å². The number of nitrogens with two attached hydrogens (primary N) is 1. The summed E-state index contributed by atoms with van der Waals surface area (Å²) in [5.41, 5.74) is 7.20. The molecule has 8 nitrogen and oxygen atoms in total. The number of nitrogens with zero attached hydrogens (tertiary/aromatic N) is 4. The van der Waals surface area contributed by atoms with E-state index in [2.05, 4.69) is 15.1 Å². The van der Waals surface area contributed by atoms with Crippen LogP contribution in [0.25, 0.3) is 22.5 Å². The second-order valence-electron chi connectivity index (χ2n) is 5.45. The van der Waals surface area contributed by atoms with Crippen molar-refractivity contribution in [3.05, 3.63) is 54.4 Å². The lowest BCUT2D eigenvalue weighted by Gasteiger charge is -2.06. The van der Waals surface area contributed by atoms with E-state index in [1.54, 1.807) is 24.3 Å². The molecule has 25 heavy (non-hydrogen) atoms. The molecule has 0 aliphatic heterocycles. The molecule has 1 aromatic carbocycles. The SMILES string of the molecule is Cc1ccc(S(=O)(=O)n2ncc3c(-c4ccco4)nc(N)nc32)cc1. The lowest BCUT2D eigenvalue weighted by molar-refractivity contribution is 0.580. The molecule has 4 aromatic rings. The van der Waals surface area contributed by atoms with E-state index >= 15 is 0 Å². The van der Waals surface area contributed by atoms with E-state index in [9.17, 15) is 8.42 Å². The van der Waals surface area contributed by atoms with Crippen molar-refractivity contribution in [1.29, 1.82) is 0 Å². The lowest BCUT2D eigenvalue weighted by Crippen LogP contribution is -2.15. The van der Waals surface area contributed by atoms with Crippen molar-refractivity contribution >= 4 is 27.0 Å². The first kappa shape index (κ1) is 15.3. The standard InChI is InChI=1S/C16H13N5O3S/c1-10-4-6-11(7-5-10)25(22,23)21-15-12(9-18-21)14(19-16(17)20-15)13-3-2-8-24-13/h2-9H,1H3,(H2,17,19,20). The maximum Gasteiger partial charge on any atom is 0.284 e. The summed E-state index contributed by atoms with van der Waals surface area (Å²) in [7, 11) is -3.91. The molecule has 9 heteroatoms. The Morgan fingerprint density at radius 2 is 1.88 bits per heavy atom. The van der Waals surface area contributed by atoms with Crippen molar-refractivity contribution in [2.24, 2.45) is 0 Å². The van der Waals surface area contributed by atoms with Crippen LogP contribution in [0.4, 0.5) is 5.95 Å². The number of fused-ring (bicyclic) bond motifs is 1. The molecule has 0 bridgehead atoms. The van der Waals surface area contributed by atoms with E-state index in [-0.39, 0.29) is 16.5 Å². The zero-order valence-electron chi connectivity index (χ0n) is 13.1. The number of hydrogen-bond donors (Lipinski definition) is 1. The average Bonchev–Trinajstić information content (AvgIpc) is 3.24. The molecule has 0 radical (unpaired) electrons. The highest BCUT2D eigenvalue weighted by molar-refractivity contribution is 7.90. The lowest BCUT2D eigenvalue weighted by atomic mass is 10.2. The van der Waals surface area contributed by atoms with Gasteiger partial charge in [-0.05, 0) is 31.2 Å². The van der Waals surface area contributed by atoms with Crippen molar-refractivity contribution in [2.45, 2.75) is 11.8 Å². The van der Waals surface area contributed by atoms with Crippen LogP contribution >= 0.6 is 0 Å². The molecule has 0 saturated carbocycles. The fourth-order valence-electron chi connectivity index (χ4n) is 2.49. The van der Waals surface area contributed by atoms with E-state index in [0.29, 0.717) is 16.8 Å². The molecule has 3 aromatic heterocycles. The van der Waals surface area contributed by atoms with Crippen LogP contribution in [0, 0.1) is 6.92 Å². The van der Waals surface area contributed by atoms with E-state index in [1.165, 1.54) is 24.6 Å². The smallest absolute Gasteiger partial charge is 0.284 e. The van der Waals surface area contributed by atoms with Gasteiger partial charge in [0, 0.05) is 0 Å². The molecule has 0 spiro atoms. The van der Waals surface area contributed by atoms with Gasteiger partial charge in [-0.15, -0.1) is 4.09 Å². The minimum atomic E-state index is -3.91. The van der Waals surface area contributed by atoms with Gasteiger partial charge in [-0.1, -0.05) is 17.7 Å². The summed E-state index contributed by atoms with van der Waals surface area (Å²) in [6.07, 6.45) is 2.88. The molecule has 0 aliphatic carbocycles. The Kier molecular flexibility index (Phi) is 3.32. The number of aromatic nitrogens is 4. The van der Waals surface area contributed by atoms with Gasteiger partial charge in [-0.2, -0.15) is 18.5 Å². The van der Waals surface area contributed by atoms with Gasteiger partial charge >= 0.3 is 0 Å². The summed E-state index contributed by atoms with van der Waals surface area (Å²) in [5, 5.41) is 4.44. The molecule has 3 heterocycles. The van der Waals surface area contributed by atoms with Crippen LogP contribution in [-0.2, 0) is 10.0 Å². The van der Waals surface area contributed by atoms with Crippen LogP contribution in [0.5, 0.6) is 0 Å². The normalized spacial score (nSPS) is 11.9. The first-order valence-electron chi connectivity index (χ1n) is 7.34. The Labute approximate surface area is 143 Å². The van der Waals surface area contributed by atoms with Crippen LogP contribution in [0.2, 0.25) is 0 Å². The third-order valence-electron chi connectivity index (χ3n) is 3.72. The molecule has 2 N–H and O–H groups in total. The van der Waals surface area contributed by atoms with Crippen LogP contribution in [0.3, 0.4) is 0 Å². The summed E-state index contributed by atoms with van der Waals surface area (Å²) in [6.45, 7) is 1.88. The van der Waals surface area contributed by atoms with E-state index in [0.717, 1.165) is 9.65 Å². The highest BCUT2D eigenvalue weighted by Gasteiger charge is 2.24. The molecule has 0 fully saturated rings. The largest absolute Gasteiger partial charge is 0.463 e. The average molecular weight is 355 g/mol. The monoisotopic (exact) mass is 355 g/mol. The first-order chi connectivity index (χ1) is 12.0. The third kappa shape index (κ3) is 2.45. The number of furan rings is 1. The van der Waals surface area contributed by atoms with E-state index in [4.69, 9.17) is 10.2 Å². The first-order valence-corrected chi connectivity index (χ1v) is 8.78. The summed E-state index contributed by atoms with van der Waals surface area (Å²) < 4.78 is 32.0. The zero-order valence-corrected chi connectivity index (χ0v) is 13.9. The summed E-state index contributed by atoms with van der Waals surface area (Å²) in [5.74, 6) is 0.381. The van der Waals surface area contributed by atoms with Crippen molar-refractivity contribution < 1.29 is 12.8 Å². The van der Waals surface area contributed by atoms with Gasteiger partial charge in [-0.25, -0.2) is 4.98 Å². The summed E-state index contributed by atoms with van der Waals surface area (Å²) in [4.78, 5) is 8.32. The van der Waals surface area contributed by atoms with Crippen molar-refractivity contribution in [1.82, 2.24) is 19.2 Å². The maximum absolute atomic E-state index is 12.9.